The van der Waals surface area contributed by atoms with E-state index in [1.54, 1.807) is 32.0 Å². The lowest BCUT2D eigenvalue weighted by Crippen LogP contribution is -2.37. The molecule has 0 atom stereocenters. The van der Waals surface area contributed by atoms with Gasteiger partial charge in [0.25, 0.3) is 0 Å². The maximum absolute atomic E-state index is 13.8. The SMILES string of the molecule is CC(C)(CNS(=O)(=O)c1ccc(Cl)s1)c1ccccc1F. The number of nitrogens with one attached hydrogen (secondary N) is 1. The van der Waals surface area contributed by atoms with Crippen LogP contribution in [-0.2, 0) is 15.4 Å². The number of rotatable bonds is 5. The summed E-state index contributed by atoms with van der Waals surface area (Å²) in [7, 11) is -3.63. The summed E-state index contributed by atoms with van der Waals surface area (Å²) in [5, 5.41) is 0. The highest BCUT2D eigenvalue weighted by Gasteiger charge is 2.27. The molecule has 0 saturated carbocycles. The predicted molar refractivity (Wildman–Crippen MR) is 83.9 cm³/mol. The highest BCUT2D eigenvalue weighted by atomic mass is 35.5. The highest BCUT2D eigenvalue weighted by molar-refractivity contribution is 7.91. The first-order valence-electron chi connectivity index (χ1n) is 6.22. The van der Waals surface area contributed by atoms with Gasteiger partial charge in [0.05, 0.1) is 4.34 Å². The van der Waals surface area contributed by atoms with Gasteiger partial charge in [-0.05, 0) is 23.8 Å². The average Bonchev–Trinajstić information content (AvgIpc) is 2.85. The first kappa shape index (κ1) is 16.4. The molecule has 3 nitrogen and oxygen atoms in total. The van der Waals surface area contributed by atoms with Crippen LogP contribution in [0.5, 0.6) is 0 Å². The fraction of sp³-hybridized carbons (Fsp3) is 0.286. The molecule has 0 spiro atoms. The molecular formula is C14H15ClFNO2S2. The van der Waals surface area contributed by atoms with Crippen molar-refractivity contribution < 1.29 is 12.8 Å². The molecule has 2 aromatic rings. The van der Waals surface area contributed by atoms with E-state index in [-0.39, 0.29) is 16.6 Å². The molecule has 7 heteroatoms. The standard InChI is InChI=1S/C14H15ClFNO2S2/c1-14(2,10-5-3-4-6-11(10)16)9-17-21(18,19)13-8-7-12(15)20-13/h3-8,17H,9H2,1-2H3. The summed E-state index contributed by atoms with van der Waals surface area (Å²) in [4.78, 5) is 0. The fourth-order valence-electron chi connectivity index (χ4n) is 1.89. The van der Waals surface area contributed by atoms with E-state index in [1.807, 2.05) is 0 Å². The molecule has 0 saturated heterocycles. The molecule has 0 aliphatic carbocycles. The van der Waals surface area contributed by atoms with Crippen molar-refractivity contribution in [1.82, 2.24) is 4.72 Å². The van der Waals surface area contributed by atoms with E-state index < -0.39 is 15.4 Å². The normalized spacial score (nSPS) is 12.6. The van der Waals surface area contributed by atoms with Crippen LogP contribution < -0.4 is 4.72 Å². The monoisotopic (exact) mass is 347 g/mol. The maximum Gasteiger partial charge on any atom is 0.250 e. The first-order chi connectivity index (χ1) is 9.72. The van der Waals surface area contributed by atoms with Crippen LogP contribution in [0.4, 0.5) is 4.39 Å². The molecular weight excluding hydrogens is 333 g/mol. The number of thiophene rings is 1. The summed E-state index contributed by atoms with van der Waals surface area (Å²) >= 11 is 6.74. The van der Waals surface area contributed by atoms with E-state index >= 15 is 0 Å². The van der Waals surface area contributed by atoms with Gasteiger partial charge in [-0.15, -0.1) is 11.3 Å². The van der Waals surface area contributed by atoms with E-state index in [9.17, 15) is 12.8 Å². The highest BCUT2D eigenvalue weighted by Crippen LogP contribution is 2.28. The Labute approximate surface area is 132 Å². The molecule has 0 amide bonds. The number of sulfonamides is 1. The van der Waals surface area contributed by atoms with E-state index in [4.69, 9.17) is 11.6 Å². The smallest absolute Gasteiger partial charge is 0.210 e. The van der Waals surface area contributed by atoms with Gasteiger partial charge in [0, 0.05) is 12.0 Å². The number of hydrogen-bond acceptors (Lipinski definition) is 3. The zero-order valence-electron chi connectivity index (χ0n) is 11.6. The maximum atomic E-state index is 13.8. The van der Waals surface area contributed by atoms with Crippen LogP contribution in [0.1, 0.15) is 19.4 Å². The lowest BCUT2D eigenvalue weighted by molar-refractivity contribution is 0.471. The van der Waals surface area contributed by atoms with Gasteiger partial charge in [-0.25, -0.2) is 17.5 Å². The van der Waals surface area contributed by atoms with Gasteiger partial charge in [-0.2, -0.15) is 0 Å². The van der Waals surface area contributed by atoms with Crippen LogP contribution in [0.15, 0.2) is 40.6 Å². The van der Waals surface area contributed by atoms with Crippen molar-refractivity contribution in [3.05, 3.63) is 52.1 Å². The third-order valence-corrected chi connectivity index (χ3v) is 6.24. The van der Waals surface area contributed by atoms with Gasteiger partial charge in [-0.1, -0.05) is 43.6 Å². The molecule has 0 fully saturated rings. The summed E-state index contributed by atoms with van der Waals surface area (Å²) in [6.45, 7) is 3.66. The zero-order chi connectivity index (χ0) is 15.7. The third-order valence-electron chi connectivity index (χ3n) is 3.12. The molecule has 1 heterocycles. The molecule has 0 unspecified atom stereocenters. The minimum absolute atomic E-state index is 0.0891. The topological polar surface area (TPSA) is 46.2 Å². The van der Waals surface area contributed by atoms with Crippen molar-refractivity contribution >= 4 is 33.0 Å². The van der Waals surface area contributed by atoms with E-state index in [0.717, 1.165) is 11.3 Å². The molecule has 1 aromatic carbocycles. The van der Waals surface area contributed by atoms with Gasteiger partial charge in [0.2, 0.25) is 10.0 Å². The van der Waals surface area contributed by atoms with Crippen molar-refractivity contribution in [3.8, 4) is 0 Å². The van der Waals surface area contributed by atoms with E-state index in [1.165, 1.54) is 18.2 Å². The summed E-state index contributed by atoms with van der Waals surface area (Å²) < 4.78 is 41.2. The molecule has 2 rings (SSSR count). The largest absolute Gasteiger partial charge is 0.250 e. The Balaban J connectivity index is 2.17. The summed E-state index contributed by atoms with van der Waals surface area (Å²) in [6, 6.07) is 9.34. The molecule has 1 N–H and O–H groups in total. The Bertz CT molecular complexity index is 741. The first-order valence-corrected chi connectivity index (χ1v) is 8.90. The second-order valence-electron chi connectivity index (χ2n) is 5.25. The van der Waals surface area contributed by atoms with Crippen LogP contribution >= 0.6 is 22.9 Å². The van der Waals surface area contributed by atoms with Gasteiger partial charge in [0.15, 0.2) is 0 Å². The molecule has 0 aliphatic rings. The predicted octanol–water partition coefficient (Wildman–Crippen LogP) is 3.80. The Kier molecular flexibility index (Phi) is 4.72. The summed E-state index contributed by atoms with van der Waals surface area (Å²) in [6.07, 6.45) is 0. The van der Waals surface area contributed by atoms with Crippen LogP contribution in [0.3, 0.4) is 0 Å². The summed E-state index contributed by atoms with van der Waals surface area (Å²) in [5.74, 6) is -0.346. The molecule has 0 bridgehead atoms. The molecule has 0 aliphatic heterocycles. The quantitative estimate of drug-likeness (QED) is 0.894. The number of hydrogen-bond donors (Lipinski definition) is 1. The zero-order valence-corrected chi connectivity index (χ0v) is 13.9. The minimum atomic E-state index is -3.63. The van der Waals surface area contributed by atoms with Gasteiger partial charge >= 0.3 is 0 Å². The molecule has 21 heavy (non-hydrogen) atoms. The van der Waals surface area contributed by atoms with E-state index in [2.05, 4.69) is 4.72 Å². The van der Waals surface area contributed by atoms with Crippen LogP contribution in [0.2, 0.25) is 4.34 Å². The minimum Gasteiger partial charge on any atom is -0.210 e. The Hall–Kier alpha value is -0.950. The Morgan fingerprint density at radius 3 is 2.48 bits per heavy atom. The van der Waals surface area contributed by atoms with Crippen molar-refractivity contribution in [3.63, 3.8) is 0 Å². The Morgan fingerprint density at radius 1 is 1.24 bits per heavy atom. The molecule has 0 radical (unpaired) electrons. The molecule has 114 valence electrons. The van der Waals surface area contributed by atoms with Gasteiger partial charge in [-0.3, -0.25) is 0 Å². The van der Waals surface area contributed by atoms with Crippen molar-refractivity contribution in [2.75, 3.05) is 6.54 Å². The van der Waals surface area contributed by atoms with Crippen LogP contribution in [-0.4, -0.2) is 15.0 Å². The van der Waals surface area contributed by atoms with E-state index in [0.29, 0.717) is 9.90 Å². The fourth-order valence-corrected chi connectivity index (χ4v) is 4.63. The van der Waals surface area contributed by atoms with Crippen molar-refractivity contribution in [2.45, 2.75) is 23.5 Å². The number of halogens is 2. The van der Waals surface area contributed by atoms with Gasteiger partial charge < -0.3 is 0 Å². The van der Waals surface area contributed by atoms with Gasteiger partial charge in [0.1, 0.15) is 10.0 Å². The van der Waals surface area contributed by atoms with Crippen LogP contribution in [0, 0.1) is 5.82 Å². The summed E-state index contributed by atoms with van der Waals surface area (Å²) in [5.41, 5.74) is -0.198. The Morgan fingerprint density at radius 2 is 1.90 bits per heavy atom. The second-order valence-corrected chi connectivity index (χ2v) is 8.96. The van der Waals surface area contributed by atoms with Crippen LogP contribution in [0.25, 0.3) is 0 Å². The average molecular weight is 348 g/mol. The lowest BCUT2D eigenvalue weighted by Gasteiger charge is -2.25. The second kappa shape index (κ2) is 6.04. The molecule has 1 aromatic heterocycles. The number of benzene rings is 1. The third kappa shape index (κ3) is 3.83. The van der Waals surface area contributed by atoms with Crippen molar-refractivity contribution in [2.24, 2.45) is 0 Å². The van der Waals surface area contributed by atoms with Crippen molar-refractivity contribution in [1.29, 1.82) is 0 Å². The lowest BCUT2D eigenvalue weighted by atomic mass is 9.84.